The van der Waals surface area contributed by atoms with Crippen LogP contribution in [0.2, 0.25) is 5.02 Å². The van der Waals surface area contributed by atoms with Crippen molar-refractivity contribution >= 4 is 74.3 Å². The summed E-state index contributed by atoms with van der Waals surface area (Å²) in [5, 5.41) is 4.02. The van der Waals surface area contributed by atoms with Crippen molar-refractivity contribution < 1.29 is 14.3 Å². The predicted molar refractivity (Wildman–Crippen MR) is 142 cm³/mol. The number of ether oxygens (including phenoxy) is 1. The van der Waals surface area contributed by atoms with Gasteiger partial charge in [-0.05, 0) is 29.8 Å². The molecular formula is C24H20ClN3O3S3. The zero-order chi connectivity index (χ0) is 24.1. The number of methoxy groups -OCH3 is 1. The van der Waals surface area contributed by atoms with E-state index >= 15 is 0 Å². The number of nitrogens with one attached hydrogen (secondary N) is 1. The molecule has 0 bridgehead atoms. The number of para-hydroxylation sites is 1. The van der Waals surface area contributed by atoms with Gasteiger partial charge in [0.25, 0.3) is 5.91 Å². The SMILES string of the molecule is COc1ccccc1/C=C1\SC(=S)N(CCC(=O)Nc2ncc(Cc3ccc(Cl)cc3)s2)C1=O. The summed E-state index contributed by atoms with van der Waals surface area (Å²) >= 11 is 13.9. The summed E-state index contributed by atoms with van der Waals surface area (Å²) in [5.74, 6) is 0.231. The number of aromatic nitrogens is 1. The molecule has 34 heavy (non-hydrogen) atoms. The minimum absolute atomic E-state index is 0.112. The summed E-state index contributed by atoms with van der Waals surface area (Å²) in [5.41, 5.74) is 1.91. The zero-order valence-electron chi connectivity index (χ0n) is 18.1. The number of thiocarbonyl (C=S) groups is 1. The fourth-order valence-corrected chi connectivity index (χ4v) is 5.55. The number of anilines is 1. The van der Waals surface area contributed by atoms with Crippen LogP contribution in [0.25, 0.3) is 6.08 Å². The number of halogens is 1. The number of rotatable bonds is 8. The van der Waals surface area contributed by atoms with Crippen LogP contribution in [-0.2, 0) is 16.0 Å². The number of carbonyl (C=O) groups excluding carboxylic acids is 2. The molecule has 0 saturated carbocycles. The Morgan fingerprint density at radius 1 is 1.24 bits per heavy atom. The van der Waals surface area contributed by atoms with Crippen LogP contribution in [0, 0.1) is 0 Å². The Balaban J connectivity index is 1.32. The molecule has 1 aromatic heterocycles. The highest BCUT2D eigenvalue weighted by Gasteiger charge is 2.32. The van der Waals surface area contributed by atoms with E-state index < -0.39 is 0 Å². The van der Waals surface area contributed by atoms with E-state index in [0.29, 0.717) is 31.6 Å². The van der Waals surface area contributed by atoms with E-state index in [1.165, 1.54) is 28.0 Å². The third-order valence-electron chi connectivity index (χ3n) is 4.95. The normalized spacial score (nSPS) is 14.6. The van der Waals surface area contributed by atoms with E-state index in [0.717, 1.165) is 16.0 Å². The molecule has 0 atom stereocenters. The molecule has 1 fully saturated rings. The van der Waals surface area contributed by atoms with Crippen LogP contribution in [0.1, 0.15) is 22.4 Å². The van der Waals surface area contributed by atoms with Crippen molar-refractivity contribution in [3.63, 3.8) is 0 Å². The highest BCUT2D eigenvalue weighted by atomic mass is 35.5. The lowest BCUT2D eigenvalue weighted by atomic mass is 10.1. The minimum Gasteiger partial charge on any atom is -0.496 e. The number of benzene rings is 2. The monoisotopic (exact) mass is 529 g/mol. The molecule has 2 aromatic carbocycles. The third-order valence-corrected chi connectivity index (χ3v) is 7.50. The minimum atomic E-state index is -0.227. The summed E-state index contributed by atoms with van der Waals surface area (Å²) in [6.07, 6.45) is 4.33. The van der Waals surface area contributed by atoms with Crippen LogP contribution in [0.4, 0.5) is 5.13 Å². The maximum atomic E-state index is 12.8. The average molecular weight is 530 g/mol. The van der Waals surface area contributed by atoms with Gasteiger partial charge in [-0.15, -0.1) is 11.3 Å². The molecular weight excluding hydrogens is 510 g/mol. The van der Waals surface area contributed by atoms with Gasteiger partial charge in [0.05, 0.1) is 12.0 Å². The standard InChI is InChI=1S/C24H20ClN3O3S3/c1-31-19-5-3-2-4-16(19)13-20-22(30)28(24(32)34-20)11-10-21(29)27-23-26-14-18(33-23)12-15-6-8-17(25)9-7-15/h2-9,13-14H,10-12H2,1H3,(H,26,27,29)/b20-13-. The van der Waals surface area contributed by atoms with Crippen LogP contribution >= 0.6 is 46.9 Å². The highest BCUT2D eigenvalue weighted by molar-refractivity contribution is 8.26. The molecule has 174 valence electrons. The molecule has 0 radical (unpaired) electrons. The Bertz CT molecular complexity index is 1260. The van der Waals surface area contributed by atoms with Crippen molar-refractivity contribution in [2.24, 2.45) is 0 Å². The van der Waals surface area contributed by atoms with Crippen LogP contribution in [-0.4, -0.2) is 39.7 Å². The molecule has 2 heterocycles. The summed E-state index contributed by atoms with van der Waals surface area (Å²) in [4.78, 5) is 32.6. The summed E-state index contributed by atoms with van der Waals surface area (Å²) in [6.45, 7) is 0.197. The van der Waals surface area contributed by atoms with E-state index in [1.807, 2.05) is 48.5 Å². The smallest absolute Gasteiger partial charge is 0.266 e. The average Bonchev–Trinajstić information content (AvgIpc) is 3.37. The van der Waals surface area contributed by atoms with Crippen LogP contribution in [0.15, 0.2) is 59.6 Å². The van der Waals surface area contributed by atoms with Gasteiger partial charge in [-0.2, -0.15) is 0 Å². The second-order valence-electron chi connectivity index (χ2n) is 7.31. The molecule has 1 N–H and O–H groups in total. The first-order valence-corrected chi connectivity index (χ1v) is 12.7. The first kappa shape index (κ1) is 24.4. The van der Waals surface area contributed by atoms with E-state index in [4.69, 9.17) is 28.6 Å². The molecule has 2 amide bonds. The van der Waals surface area contributed by atoms with Crippen molar-refractivity contribution in [2.75, 3.05) is 19.0 Å². The third kappa shape index (κ3) is 6.04. The van der Waals surface area contributed by atoms with Gasteiger partial charge in [0, 0.05) is 41.0 Å². The number of thioether (sulfide) groups is 1. The van der Waals surface area contributed by atoms with E-state index in [1.54, 1.807) is 19.4 Å². The molecule has 10 heteroatoms. The maximum absolute atomic E-state index is 12.8. The summed E-state index contributed by atoms with van der Waals surface area (Å²) < 4.78 is 5.77. The second kappa shape index (κ2) is 11.1. The molecule has 0 spiro atoms. The Morgan fingerprint density at radius 2 is 2.00 bits per heavy atom. The Kier molecular flexibility index (Phi) is 7.99. The van der Waals surface area contributed by atoms with Gasteiger partial charge < -0.3 is 10.1 Å². The Hall–Kier alpha value is -2.72. The molecule has 1 aliphatic rings. The maximum Gasteiger partial charge on any atom is 0.266 e. The first-order chi connectivity index (χ1) is 16.4. The van der Waals surface area contributed by atoms with Gasteiger partial charge in [-0.25, -0.2) is 4.98 Å². The van der Waals surface area contributed by atoms with Gasteiger partial charge in [-0.1, -0.05) is 65.9 Å². The van der Waals surface area contributed by atoms with Gasteiger partial charge in [0.15, 0.2) is 5.13 Å². The van der Waals surface area contributed by atoms with Crippen molar-refractivity contribution in [3.8, 4) is 5.75 Å². The van der Waals surface area contributed by atoms with Crippen LogP contribution in [0.3, 0.4) is 0 Å². The lowest BCUT2D eigenvalue weighted by molar-refractivity contribution is -0.122. The Labute approximate surface area is 216 Å². The number of hydrogen-bond acceptors (Lipinski definition) is 7. The lowest BCUT2D eigenvalue weighted by Gasteiger charge is -2.13. The summed E-state index contributed by atoms with van der Waals surface area (Å²) in [6, 6.07) is 15.1. The first-order valence-electron chi connectivity index (χ1n) is 10.3. The molecule has 1 saturated heterocycles. The quantitative estimate of drug-likeness (QED) is 0.301. The van der Waals surface area contributed by atoms with Crippen molar-refractivity contribution in [3.05, 3.63) is 80.7 Å². The fraction of sp³-hybridized carbons (Fsp3) is 0.167. The number of carbonyl (C=O) groups is 2. The van der Waals surface area contributed by atoms with Crippen molar-refractivity contribution in [1.29, 1.82) is 0 Å². The molecule has 0 aliphatic carbocycles. The lowest BCUT2D eigenvalue weighted by Crippen LogP contribution is -2.31. The molecule has 0 unspecified atom stereocenters. The van der Waals surface area contributed by atoms with Crippen LogP contribution < -0.4 is 10.1 Å². The largest absolute Gasteiger partial charge is 0.496 e. The highest BCUT2D eigenvalue weighted by Crippen LogP contribution is 2.34. The number of hydrogen-bond donors (Lipinski definition) is 1. The number of nitrogens with zero attached hydrogens (tertiary/aromatic N) is 2. The molecule has 1 aliphatic heterocycles. The molecule has 4 rings (SSSR count). The predicted octanol–water partition coefficient (Wildman–Crippen LogP) is 5.63. The van der Waals surface area contributed by atoms with E-state index in [-0.39, 0.29) is 24.8 Å². The van der Waals surface area contributed by atoms with Crippen LogP contribution in [0.5, 0.6) is 5.75 Å². The topological polar surface area (TPSA) is 71.5 Å². The number of amides is 2. The Morgan fingerprint density at radius 3 is 2.76 bits per heavy atom. The molecule has 3 aromatic rings. The fourth-order valence-electron chi connectivity index (χ4n) is 3.27. The van der Waals surface area contributed by atoms with Crippen molar-refractivity contribution in [2.45, 2.75) is 12.8 Å². The van der Waals surface area contributed by atoms with E-state index in [9.17, 15) is 9.59 Å². The second-order valence-corrected chi connectivity index (χ2v) is 10.5. The van der Waals surface area contributed by atoms with Crippen molar-refractivity contribution in [1.82, 2.24) is 9.88 Å². The summed E-state index contributed by atoms with van der Waals surface area (Å²) in [7, 11) is 1.58. The zero-order valence-corrected chi connectivity index (χ0v) is 21.3. The van der Waals surface area contributed by atoms with Gasteiger partial charge in [-0.3, -0.25) is 14.5 Å². The molecule has 6 nitrogen and oxygen atoms in total. The van der Waals surface area contributed by atoms with Gasteiger partial charge in [0.2, 0.25) is 5.91 Å². The van der Waals surface area contributed by atoms with E-state index in [2.05, 4.69) is 10.3 Å². The number of thiazole rings is 1. The van der Waals surface area contributed by atoms with Gasteiger partial charge >= 0.3 is 0 Å². The van der Waals surface area contributed by atoms with Gasteiger partial charge in [0.1, 0.15) is 10.1 Å².